The van der Waals surface area contributed by atoms with Crippen LogP contribution in [0.2, 0.25) is 0 Å². The molecule has 1 aliphatic rings. The van der Waals surface area contributed by atoms with E-state index in [0.29, 0.717) is 24.2 Å². The summed E-state index contributed by atoms with van der Waals surface area (Å²) in [7, 11) is -3.70. The molecule has 0 unspecified atom stereocenters. The van der Waals surface area contributed by atoms with Crippen LogP contribution in [0.25, 0.3) is 0 Å². The number of nitrogens with zero attached hydrogens (tertiary/aromatic N) is 1. The van der Waals surface area contributed by atoms with E-state index in [0.717, 1.165) is 5.56 Å². The Labute approximate surface area is 129 Å². The second kappa shape index (κ2) is 5.28. The summed E-state index contributed by atoms with van der Waals surface area (Å²) in [4.78, 5) is 0.186. The van der Waals surface area contributed by atoms with Gasteiger partial charge in [-0.3, -0.25) is 4.31 Å². The standard InChI is InChI=1S/C16H17FN2O2S/c1-11-2-3-12-10-13(17)4-9-16(12)19(11)22(20,21)15-7-5-14(18)6-8-15/h4-11H,2-3,18H2,1H3/t11-/m0/s1. The summed E-state index contributed by atoms with van der Waals surface area (Å²) in [5.41, 5.74) is 7.40. The molecule has 0 radical (unpaired) electrons. The summed E-state index contributed by atoms with van der Waals surface area (Å²) in [6, 6.07) is 10.2. The third-order valence-electron chi connectivity index (χ3n) is 3.95. The molecular formula is C16H17FN2O2S. The zero-order valence-electron chi connectivity index (χ0n) is 12.2. The normalized spacial score (nSPS) is 18.1. The quantitative estimate of drug-likeness (QED) is 0.865. The van der Waals surface area contributed by atoms with E-state index in [2.05, 4.69) is 0 Å². The van der Waals surface area contributed by atoms with Crippen molar-refractivity contribution in [3.63, 3.8) is 0 Å². The van der Waals surface area contributed by atoms with Gasteiger partial charge in [0.25, 0.3) is 10.0 Å². The number of benzene rings is 2. The second-order valence-corrected chi connectivity index (χ2v) is 7.35. The van der Waals surface area contributed by atoms with Gasteiger partial charge in [-0.25, -0.2) is 12.8 Å². The predicted molar refractivity (Wildman–Crippen MR) is 84.7 cm³/mol. The molecule has 3 rings (SSSR count). The van der Waals surface area contributed by atoms with Gasteiger partial charge >= 0.3 is 0 Å². The lowest BCUT2D eigenvalue weighted by Gasteiger charge is -2.36. The number of aryl methyl sites for hydroxylation is 1. The molecule has 0 saturated heterocycles. The van der Waals surface area contributed by atoms with Crippen LogP contribution in [0.1, 0.15) is 18.9 Å². The Morgan fingerprint density at radius 1 is 1.18 bits per heavy atom. The zero-order chi connectivity index (χ0) is 15.9. The number of hydrogen-bond acceptors (Lipinski definition) is 3. The molecule has 0 amide bonds. The third kappa shape index (κ3) is 2.43. The van der Waals surface area contributed by atoms with E-state index in [9.17, 15) is 12.8 Å². The van der Waals surface area contributed by atoms with Crippen LogP contribution in [0.5, 0.6) is 0 Å². The lowest BCUT2D eigenvalue weighted by Crippen LogP contribution is -2.42. The first-order valence-electron chi connectivity index (χ1n) is 7.08. The van der Waals surface area contributed by atoms with Crippen LogP contribution in [0.4, 0.5) is 15.8 Å². The highest BCUT2D eigenvalue weighted by Gasteiger charge is 2.33. The number of nitrogen functional groups attached to an aromatic ring is 1. The molecule has 0 bridgehead atoms. The second-order valence-electron chi connectivity index (χ2n) is 5.53. The minimum absolute atomic E-state index is 0.180. The van der Waals surface area contributed by atoms with Crippen molar-refractivity contribution >= 4 is 21.4 Å². The Hall–Kier alpha value is -2.08. The van der Waals surface area contributed by atoms with Crippen LogP contribution in [0.15, 0.2) is 47.4 Å². The molecule has 1 atom stereocenters. The van der Waals surface area contributed by atoms with E-state index in [4.69, 9.17) is 5.73 Å². The maximum atomic E-state index is 13.4. The van der Waals surface area contributed by atoms with Gasteiger partial charge in [0.15, 0.2) is 0 Å². The molecule has 116 valence electrons. The minimum atomic E-state index is -3.70. The van der Waals surface area contributed by atoms with Gasteiger partial charge in [-0.2, -0.15) is 0 Å². The largest absolute Gasteiger partial charge is 0.399 e. The SMILES string of the molecule is C[C@H]1CCc2cc(F)ccc2N1S(=O)(=O)c1ccc(N)cc1. The van der Waals surface area contributed by atoms with Gasteiger partial charge in [0.2, 0.25) is 0 Å². The maximum absolute atomic E-state index is 13.4. The Morgan fingerprint density at radius 3 is 2.55 bits per heavy atom. The number of fused-ring (bicyclic) bond motifs is 1. The molecule has 0 saturated carbocycles. The first-order valence-corrected chi connectivity index (χ1v) is 8.52. The van der Waals surface area contributed by atoms with Crippen molar-refractivity contribution in [1.29, 1.82) is 0 Å². The summed E-state index contributed by atoms with van der Waals surface area (Å²) in [5, 5.41) is 0. The van der Waals surface area contributed by atoms with Crippen molar-refractivity contribution in [1.82, 2.24) is 0 Å². The van der Waals surface area contributed by atoms with Crippen molar-refractivity contribution in [3.8, 4) is 0 Å². The summed E-state index contributed by atoms with van der Waals surface area (Å²) < 4.78 is 40.7. The number of rotatable bonds is 2. The average Bonchev–Trinajstić information content (AvgIpc) is 2.47. The fourth-order valence-electron chi connectivity index (χ4n) is 2.81. The van der Waals surface area contributed by atoms with E-state index >= 15 is 0 Å². The molecule has 2 N–H and O–H groups in total. The Kier molecular flexibility index (Phi) is 3.56. The fraction of sp³-hybridized carbons (Fsp3) is 0.250. The molecule has 4 nitrogen and oxygen atoms in total. The van der Waals surface area contributed by atoms with E-state index in [-0.39, 0.29) is 16.8 Å². The van der Waals surface area contributed by atoms with Crippen molar-refractivity contribution < 1.29 is 12.8 Å². The smallest absolute Gasteiger partial charge is 0.264 e. The van der Waals surface area contributed by atoms with Crippen molar-refractivity contribution in [2.24, 2.45) is 0 Å². The number of nitrogens with two attached hydrogens (primary N) is 1. The molecule has 2 aromatic carbocycles. The minimum Gasteiger partial charge on any atom is -0.399 e. The van der Waals surface area contributed by atoms with E-state index in [1.807, 2.05) is 6.92 Å². The summed E-state index contributed by atoms with van der Waals surface area (Å²) in [5.74, 6) is -0.349. The predicted octanol–water partition coefficient (Wildman–Crippen LogP) is 2.94. The first-order chi connectivity index (χ1) is 10.4. The monoisotopic (exact) mass is 320 g/mol. The van der Waals surface area contributed by atoms with Gasteiger partial charge in [0.1, 0.15) is 5.82 Å². The van der Waals surface area contributed by atoms with E-state index in [1.165, 1.54) is 34.6 Å². The van der Waals surface area contributed by atoms with Crippen LogP contribution in [-0.2, 0) is 16.4 Å². The van der Waals surface area contributed by atoms with Crippen molar-refractivity contribution in [2.45, 2.75) is 30.7 Å². The zero-order valence-corrected chi connectivity index (χ0v) is 13.0. The van der Waals surface area contributed by atoms with Crippen LogP contribution >= 0.6 is 0 Å². The average molecular weight is 320 g/mol. The highest BCUT2D eigenvalue weighted by Crippen LogP contribution is 2.35. The summed E-state index contributed by atoms with van der Waals surface area (Å²) >= 11 is 0. The summed E-state index contributed by atoms with van der Waals surface area (Å²) in [6.45, 7) is 1.86. The molecule has 1 aliphatic heterocycles. The van der Waals surface area contributed by atoms with Gasteiger partial charge in [-0.05, 0) is 67.8 Å². The molecule has 0 aromatic heterocycles. The topological polar surface area (TPSA) is 63.4 Å². The maximum Gasteiger partial charge on any atom is 0.264 e. The molecule has 6 heteroatoms. The van der Waals surface area contributed by atoms with E-state index < -0.39 is 10.0 Å². The third-order valence-corrected chi connectivity index (χ3v) is 5.89. The molecule has 0 spiro atoms. The number of anilines is 2. The van der Waals surface area contributed by atoms with Gasteiger partial charge < -0.3 is 5.73 Å². The number of sulfonamides is 1. The number of hydrogen-bond donors (Lipinski definition) is 1. The van der Waals surface area contributed by atoms with Crippen LogP contribution in [-0.4, -0.2) is 14.5 Å². The van der Waals surface area contributed by atoms with E-state index in [1.54, 1.807) is 12.1 Å². The lowest BCUT2D eigenvalue weighted by molar-refractivity contribution is 0.560. The number of halogens is 1. The van der Waals surface area contributed by atoms with Gasteiger partial charge in [0, 0.05) is 11.7 Å². The fourth-order valence-corrected chi connectivity index (χ4v) is 4.53. The first kappa shape index (κ1) is 14.8. The highest BCUT2D eigenvalue weighted by atomic mass is 32.2. The van der Waals surface area contributed by atoms with Crippen LogP contribution in [0.3, 0.4) is 0 Å². The Balaban J connectivity index is 2.12. The Bertz CT molecular complexity index is 803. The van der Waals surface area contributed by atoms with Gasteiger partial charge in [0.05, 0.1) is 10.6 Å². The molecular weight excluding hydrogens is 303 g/mol. The highest BCUT2D eigenvalue weighted by molar-refractivity contribution is 7.92. The van der Waals surface area contributed by atoms with Crippen molar-refractivity contribution in [3.05, 3.63) is 53.8 Å². The van der Waals surface area contributed by atoms with Gasteiger partial charge in [-0.1, -0.05) is 0 Å². The Morgan fingerprint density at radius 2 is 1.86 bits per heavy atom. The molecule has 1 heterocycles. The molecule has 0 aliphatic carbocycles. The van der Waals surface area contributed by atoms with Gasteiger partial charge in [-0.15, -0.1) is 0 Å². The van der Waals surface area contributed by atoms with Crippen LogP contribution in [0, 0.1) is 5.82 Å². The van der Waals surface area contributed by atoms with Crippen LogP contribution < -0.4 is 10.0 Å². The molecule has 2 aromatic rings. The molecule has 22 heavy (non-hydrogen) atoms. The summed E-state index contributed by atoms with van der Waals surface area (Å²) in [6.07, 6.45) is 1.33. The van der Waals surface area contributed by atoms with Crippen molar-refractivity contribution in [2.75, 3.05) is 10.0 Å². The molecule has 0 fully saturated rings. The lowest BCUT2D eigenvalue weighted by atomic mass is 9.99.